The fourth-order valence-corrected chi connectivity index (χ4v) is 4.12. The van der Waals surface area contributed by atoms with E-state index in [1.807, 2.05) is 0 Å². The Balaban J connectivity index is 1.79. The Morgan fingerprint density at radius 3 is 2.41 bits per heavy atom. The van der Waals surface area contributed by atoms with Gasteiger partial charge in [-0.2, -0.15) is 0 Å². The summed E-state index contributed by atoms with van der Waals surface area (Å²) in [5.74, 6) is 0.554. The number of hydrogen-bond donors (Lipinski definition) is 4. The molecule has 0 aliphatic carbocycles. The van der Waals surface area contributed by atoms with Crippen molar-refractivity contribution in [3.05, 3.63) is 35.4 Å². The number of benzene rings is 1. The van der Waals surface area contributed by atoms with Gasteiger partial charge in [0.25, 0.3) is 0 Å². The molecule has 0 unspecified atom stereocenters. The molecule has 1 saturated heterocycles. The molecule has 146 valence electrons. The van der Waals surface area contributed by atoms with Crippen molar-refractivity contribution in [2.24, 2.45) is 0 Å². The molecule has 0 atom stereocenters. The maximum absolute atomic E-state index is 13.3. The van der Waals surface area contributed by atoms with Crippen molar-refractivity contribution in [1.29, 1.82) is 0 Å². The van der Waals surface area contributed by atoms with E-state index >= 15 is 0 Å². The molecule has 1 aliphatic heterocycles. The van der Waals surface area contributed by atoms with E-state index in [0.717, 1.165) is 12.8 Å². The van der Waals surface area contributed by atoms with Crippen molar-refractivity contribution in [2.75, 3.05) is 16.4 Å². The number of piperidine rings is 1. The van der Waals surface area contributed by atoms with Crippen molar-refractivity contribution in [3.63, 3.8) is 0 Å². The van der Waals surface area contributed by atoms with E-state index in [4.69, 9.17) is 17.3 Å². The Hall–Kier alpha value is -2.12. The van der Waals surface area contributed by atoms with Crippen LogP contribution in [0.1, 0.15) is 40.5 Å². The molecule has 0 radical (unpaired) electrons. The van der Waals surface area contributed by atoms with E-state index in [0.29, 0.717) is 23.0 Å². The predicted molar refractivity (Wildman–Crippen MR) is 109 cm³/mol. The lowest BCUT2D eigenvalue weighted by atomic mass is 9.79. The number of nitrogen functional groups attached to an aromatic ring is 1. The van der Waals surface area contributed by atoms with Crippen molar-refractivity contribution in [3.8, 4) is 0 Å². The van der Waals surface area contributed by atoms with Crippen LogP contribution in [0.15, 0.2) is 24.5 Å². The fourth-order valence-electron chi connectivity index (χ4n) is 3.94. The van der Waals surface area contributed by atoms with Crippen LogP contribution in [0.4, 0.5) is 27.4 Å². The van der Waals surface area contributed by atoms with E-state index in [-0.39, 0.29) is 22.1 Å². The summed E-state index contributed by atoms with van der Waals surface area (Å²) in [5.41, 5.74) is 7.30. The van der Waals surface area contributed by atoms with Crippen molar-refractivity contribution >= 4 is 34.6 Å². The SMILES string of the molecule is CC1(C)CC(Nc2ncnc(Nc3ccc(F)c(Cl)c3)c2N)CC(C)(C)N1. The number of anilines is 4. The number of nitrogens with zero attached hydrogens (tertiary/aromatic N) is 2. The van der Waals surface area contributed by atoms with Crippen LogP contribution < -0.4 is 21.7 Å². The molecular weight excluding hydrogens is 367 g/mol. The third-order valence-corrected chi connectivity index (χ3v) is 4.89. The van der Waals surface area contributed by atoms with Crippen molar-refractivity contribution < 1.29 is 4.39 Å². The number of hydrogen-bond acceptors (Lipinski definition) is 6. The maximum Gasteiger partial charge on any atom is 0.159 e. The Bertz CT molecular complexity index is 823. The molecule has 1 fully saturated rings. The minimum Gasteiger partial charge on any atom is -0.393 e. The molecule has 0 amide bonds. The molecule has 0 spiro atoms. The van der Waals surface area contributed by atoms with Crippen LogP contribution in [0, 0.1) is 5.82 Å². The fraction of sp³-hybridized carbons (Fsp3) is 0.474. The van der Waals surface area contributed by atoms with Crippen LogP contribution in [-0.4, -0.2) is 27.1 Å². The van der Waals surface area contributed by atoms with E-state index in [1.54, 1.807) is 6.07 Å². The molecule has 6 nitrogen and oxygen atoms in total. The molecule has 27 heavy (non-hydrogen) atoms. The van der Waals surface area contributed by atoms with Crippen LogP contribution in [-0.2, 0) is 0 Å². The lowest BCUT2D eigenvalue weighted by Crippen LogP contribution is -2.60. The summed E-state index contributed by atoms with van der Waals surface area (Å²) in [4.78, 5) is 8.51. The maximum atomic E-state index is 13.3. The minimum atomic E-state index is -0.476. The van der Waals surface area contributed by atoms with Crippen molar-refractivity contribution in [1.82, 2.24) is 15.3 Å². The summed E-state index contributed by atoms with van der Waals surface area (Å²) in [6.07, 6.45) is 3.33. The zero-order chi connectivity index (χ0) is 19.8. The van der Waals surface area contributed by atoms with Crippen LogP contribution >= 0.6 is 11.6 Å². The lowest BCUT2D eigenvalue weighted by molar-refractivity contribution is 0.170. The Morgan fingerprint density at radius 2 is 1.78 bits per heavy atom. The number of rotatable bonds is 4. The van der Waals surface area contributed by atoms with Crippen LogP contribution in [0.3, 0.4) is 0 Å². The molecule has 0 saturated carbocycles. The second-order valence-corrected chi connectivity index (χ2v) is 8.79. The molecule has 8 heteroatoms. The first kappa shape index (κ1) is 19.6. The van der Waals surface area contributed by atoms with Crippen LogP contribution in [0.5, 0.6) is 0 Å². The highest BCUT2D eigenvalue weighted by atomic mass is 35.5. The normalized spacial score (nSPS) is 18.9. The second kappa shape index (κ2) is 7.13. The molecule has 1 aromatic carbocycles. The summed E-state index contributed by atoms with van der Waals surface area (Å²) in [7, 11) is 0. The van der Waals surface area contributed by atoms with E-state index < -0.39 is 5.82 Å². The van der Waals surface area contributed by atoms with Gasteiger partial charge in [-0.05, 0) is 58.7 Å². The molecular formula is C19H26ClFN6. The summed E-state index contributed by atoms with van der Waals surface area (Å²) in [6.45, 7) is 8.77. The van der Waals surface area contributed by atoms with E-state index in [2.05, 4.69) is 53.6 Å². The molecule has 2 aromatic rings. The van der Waals surface area contributed by atoms with Gasteiger partial charge < -0.3 is 21.7 Å². The number of halogens is 2. The molecule has 5 N–H and O–H groups in total. The monoisotopic (exact) mass is 392 g/mol. The van der Waals surface area contributed by atoms with E-state index in [1.165, 1.54) is 18.5 Å². The Kier molecular flexibility index (Phi) is 5.18. The summed E-state index contributed by atoms with van der Waals surface area (Å²) in [6, 6.07) is 4.58. The molecule has 3 rings (SSSR count). The average Bonchev–Trinajstić information content (AvgIpc) is 2.52. The molecule has 1 aromatic heterocycles. The van der Waals surface area contributed by atoms with Crippen molar-refractivity contribution in [2.45, 2.75) is 57.7 Å². The van der Waals surface area contributed by atoms with Gasteiger partial charge in [0.1, 0.15) is 17.8 Å². The van der Waals surface area contributed by atoms with E-state index in [9.17, 15) is 4.39 Å². The first-order valence-corrected chi connectivity index (χ1v) is 9.31. The number of nitrogens with one attached hydrogen (secondary N) is 3. The zero-order valence-electron chi connectivity index (χ0n) is 16.0. The largest absolute Gasteiger partial charge is 0.393 e. The van der Waals surface area contributed by atoms with Gasteiger partial charge in [-0.25, -0.2) is 14.4 Å². The third-order valence-electron chi connectivity index (χ3n) is 4.60. The highest BCUT2D eigenvalue weighted by Crippen LogP contribution is 2.33. The van der Waals surface area contributed by atoms with Gasteiger partial charge in [-0.3, -0.25) is 0 Å². The summed E-state index contributed by atoms with van der Waals surface area (Å²) >= 11 is 5.84. The third kappa shape index (κ3) is 4.78. The topological polar surface area (TPSA) is 87.9 Å². The minimum absolute atomic E-state index is 0.00709. The zero-order valence-corrected chi connectivity index (χ0v) is 16.8. The smallest absolute Gasteiger partial charge is 0.159 e. The summed E-state index contributed by atoms with van der Waals surface area (Å²) in [5, 5.41) is 10.2. The second-order valence-electron chi connectivity index (χ2n) is 8.38. The van der Waals surface area contributed by atoms with Gasteiger partial charge in [0, 0.05) is 22.8 Å². The highest BCUT2D eigenvalue weighted by Gasteiger charge is 2.37. The molecule has 0 bridgehead atoms. The first-order valence-electron chi connectivity index (χ1n) is 8.93. The molecule has 1 aliphatic rings. The molecule has 2 heterocycles. The highest BCUT2D eigenvalue weighted by molar-refractivity contribution is 6.31. The van der Waals surface area contributed by atoms with Gasteiger partial charge in [0.2, 0.25) is 0 Å². The standard InChI is InChI=1S/C19H26ClFN6/c1-18(2)8-12(9-19(3,4)27-18)26-17-15(22)16(23-10-24-17)25-11-5-6-14(21)13(20)7-11/h5-7,10,12,27H,8-9,22H2,1-4H3,(H2,23,24,25,26). The van der Waals surface area contributed by atoms with Gasteiger partial charge >= 0.3 is 0 Å². The van der Waals surface area contributed by atoms with Crippen LogP contribution in [0.2, 0.25) is 5.02 Å². The number of aromatic nitrogens is 2. The predicted octanol–water partition coefficient (Wildman–Crippen LogP) is 4.32. The average molecular weight is 393 g/mol. The van der Waals surface area contributed by atoms with Crippen LogP contribution in [0.25, 0.3) is 0 Å². The Morgan fingerprint density at radius 1 is 1.15 bits per heavy atom. The summed E-state index contributed by atoms with van der Waals surface area (Å²) < 4.78 is 13.3. The lowest BCUT2D eigenvalue weighted by Gasteiger charge is -2.46. The van der Waals surface area contributed by atoms with Gasteiger partial charge in [-0.1, -0.05) is 11.6 Å². The van der Waals surface area contributed by atoms with Gasteiger partial charge in [0.15, 0.2) is 11.6 Å². The first-order chi connectivity index (χ1) is 12.5. The van der Waals surface area contributed by atoms with Gasteiger partial charge in [0.05, 0.1) is 5.02 Å². The van der Waals surface area contributed by atoms with Gasteiger partial charge in [-0.15, -0.1) is 0 Å². The number of nitrogens with two attached hydrogens (primary N) is 1. The Labute approximate surface area is 164 Å². The quantitative estimate of drug-likeness (QED) is 0.620.